The normalized spacial score (nSPS) is 19.5. The molecule has 110 valence electrons. The van der Waals surface area contributed by atoms with Gasteiger partial charge in [-0.25, -0.2) is 4.39 Å². The lowest BCUT2D eigenvalue weighted by Crippen LogP contribution is -2.13. The molecule has 0 spiro atoms. The maximum absolute atomic E-state index is 14.1. The van der Waals surface area contributed by atoms with Crippen LogP contribution in [-0.2, 0) is 12.8 Å². The Balaban J connectivity index is 1.73. The number of hydrogen-bond acceptors (Lipinski definition) is 1. The number of hydrogen-bond donors (Lipinski definition) is 0. The Kier molecular flexibility index (Phi) is 4.23. The molecule has 0 bridgehead atoms. The van der Waals surface area contributed by atoms with Gasteiger partial charge >= 0.3 is 0 Å². The van der Waals surface area contributed by atoms with Crippen molar-refractivity contribution in [1.29, 1.82) is 0 Å². The van der Waals surface area contributed by atoms with Crippen molar-refractivity contribution < 1.29 is 13.5 Å². The van der Waals surface area contributed by atoms with Crippen LogP contribution in [0.15, 0.2) is 6.07 Å². The Hall–Kier alpha value is -1.12. The van der Waals surface area contributed by atoms with Gasteiger partial charge in [0.15, 0.2) is 11.6 Å². The number of halogens is 2. The first-order chi connectivity index (χ1) is 9.75. The van der Waals surface area contributed by atoms with Crippen LogP contribution >= 0.6 is 0 Å². The molecule has 0 N–H and O–H groups in total. The van der Waals surface area contributed by atoms with Gasteiger partial charge in [0.05, 0.1) is 6.61 Å². The molecule has 1 fully saturated rings. The van der Waals surface area contributed by atoms with Gasteiger partial charge in [-0.2, -0.15) is 4.39 Å². The summed E-state index contributed by atoms with van der Waals surface area (Å²) in [6.45, 7) is 0.491. The summed E-state index contributed by atoms with van der Waals surface area (Å²) in [5.74, 6) is -0.629. The number of rotatable bonds is 3. The first-order valence-electron chi connectivity index (χ1n) is 7.88. The van der Waals surface area contributed by atoms with Gasteiger partial charge in [0.1, 0.15) is 0 Å². The van der Waals surface area contributed by atoms with Crippen LogP contribution in [0, 0.1) is 17.6 Å². The van der Waals surface area contributed by atoms with E-state index in [0.717, 1.165) is 24.8 Å². The highest BCUT2D eigenvalue weighted by Gasteiger charge is 2.22. The van der Waals surface area contributed by atoms with E-state index >= 15 is 0 Å². The Morgan fingerprint density at radius 3 is 2.65 bits per heavy atom. The largest absolute Gasteiger partial charge is 0.490 e. The van der Waals surface area contributed by atoms with Gasteiger partial charge in [-0.1, -0.05) is 32.1 Å². The van der Waals surface area contributed by atoms with Gasteiger partial charge in [0.25, 0.3) is 0 Å². The SMILES string of the molecule is Fc1c(CCC2CCCCC2)cc2c(c1F)OCCC2. The van der Waals surface area contributed by atoms with E-state index in [1.165, 1.54) is 32.1 Å². The molecule has 1 heterocycles. The lowest BCUT2D eigenvalue weighted by molar-refractivity contribution is 0.267. The molecule has 1 saturated carbocycles. The summed E-state index contributed by atoms with van der Waals surface area (Å²) < 4.78 is 33.4. The second kappa shape index (κ2) is 6.11. The van der Waals surface area contributed by atoms with Gasteiger partial charge in [-0.15, -0.1) is 0 Å². The molecule has 3 rings (SSSR count). The molecule has 1 nitrogen and oxygen atoms in total. The Morgan fingerprint density at radius 1 is 1.05 bits per heavy atom. The number of aryl methyl sites for hydroxylation is 2. The maximum atomic E-state index is 14.1. The molecule has 0 radical (unpaired) electrons. The number of benzene rings is 1. The smallest absolute Gasteiger partial charge is 0.201 e. The van der Waals surface area contributed by atoms with Gasteiger partial charge in [0.2, 0.25) is 5.82 Å². The highest BCUT2D eigenvalue weighted by Crippen LogP contribution is 2.33. The van der Waals surface area contributed by atoms with E-state index in [1.807, 2.05) is 6.07 Å². The quantitative estimate of drug-likeness (QED) is 0.772. The molecular weight excluding hydrogens is 258 g/mol. The highest BCUT2D eigenvalue weighted by molar-refractivity contribution is 5.41. The van der Waals surface area contributed by atoms with Gasteiger partial charge in [-0.3, -0.25) is 0 Å². The summed E-state index contributed by atoms with van der Waals surface area (Å²) in [5.41, 5.74) is 1.38. The predicted molar refractivity (Wildman–Crippen MR) is 75.1 cm³/mol. The van der Waals surface area contributed by atoms with E-state index in [1.54, 1.807) is 0 Å². The van der Waals surface area contributed by atoms with Crippen molar-refractivity contribution in [2.75, 3.05) is 6.61 Å². The van der Waals surface area contributed by atoms with Crippen LogP contribution in [0.1, 0.15) is 56.1 Å². The minimum Gasteiger partial charge on any atom is -0.490 e. The van der Waals surface area contributed by atoms with Crippen molar-refractivity contribution >= 4 is 0 Å². The Morgan fingerprint density at radius 2 is 1.85 bits per heavy atom. The monoisotopic (exact) mass is 280 g/mol. The molecular formula is C17H22F2O. The second-order valence-electron chi connectivity index (χ2n) is 6.15. The summed E-state index contributed by atoms with van der Waals surface area (Å²) in [4.78, 5) is 0. The van der Waals surface area contributed by atoms with Crippen molar-refractivity contribution in [3.8, 4) is 5.75 Å². The summed E-state index contributed by atoms with van der Waals surface area (Å²) in [6, 6.07) is 1.83. The van der Waals surface area contributed by atoms with E-state index in [2.05, 4.69) is 0 Å². The average molecular weight is 280 g/mol. The minimum atomic E-state index is -0.777. The lowest BCUT2D eigenvalue weighted by Gasteiger charge is -2.23. The van der Waals surface area contributed by atoms with Gasteiger partial charge < -0.3 is 4.74 Å². The molecule has 0 unspecified atom stereocenters. The van der Waals surface area contributed by atoms with Crippen LogP contribution in [-0.4, -0.2) is 6.61 Å². The zero-order chi connectivity index (χ0) is 13.9. The molecule has 0 atom stereocenters. The van der Waals surface area contributed by atoms with Crippen LogP contribution in [0.4, 0.5) is 8.78 Å². The molecule has 1 aliphatic heterocycles. The predicted octanol–water partition coefficient (Wildman–Crippen LogP) is 4.80. The molecule has 1 aliphatic carbocycles. The van der Waals surface area contributed by atoms with Gasteiger partial charge in [-0.05, 0) is 48.8 Å². The zero-order valence-corrected chi connectivity index (χ0v) is 11.9. The number of fused-ring (bicyclic) bond motifs is 1. The van der Waals surface area contributed by atoms with Crippen LogP contribution < -0.4 is 4.74 Å². The van der Waals surface area contributed by atoms with Crippen LogP contribution in [0.2, 0.25) is 0 Å². The molecule has 20 heavy (non-hydrogen) atoms. The van der Waals surface area contributed by atoms with Crippen LogP contribution in [0.3, 0.4) is 0 Å². The third-order valence-electron chi connectivity index (χ3n) is 4.70. The minimum absolute atomic E-state index is 0.148. The highest BCUT2D eigenvalue weighted by atomic mass is 19.2. The standard InChI is InChI=1S/C17H22F2O/c18-15-13(9-8-12-5-2-1-3-6-12)11-14-7-4-10-20-17(14)16(15)19/h11-12H,1-10H2. The van der Waals surface area contributed by atoms with Crippen molar-refractivity contribution in [2.24, 2.45) is 5.92 Å². The average Bonchev–Trinajstić information content (AvgIpc) is 2.50. The van der Waals surface area contributed by atoms with Crippen molar-refractivity contribution in [3.63, 3.8) is 0 Å². The second-order valence-corrected chi connectivity index (χ2v) is 6.15. The van der Waals surface area contributed by atoms with Gasteiger partial charge in [0, 0.05) is 0 Å². The first kappa shape index (κ1) is 13.8. The van der Waals surface area contributed by atoms with E-state index in [4.69, 9.17) is 4.74 Å². The summed E-state index contributed by atoms with van der Waals surface area (Å²) in [5, 5.41) is 0. The fraction of sp³-hybridized carbons (Fsp3) is 0.647. The van der Waals surface area contributed by atoms with Crippen molar-refractivity contribution in [3.05, 3.63) is 28.8 Å². The fourth-order valence-corrected chi connectivity index (χ4v) is 3.52. The molecule has 0 amide bonds. The summed E-state index contributed by atoms with van der Waals surface area (Å²) >= 11 is 0. The summed E-state index contributed by atoms with van der Waals surface area (Å²) in [7, 11) is 0. The van der Waals surface area contributed by atoms with E-state index < -0.39 is 11.6 Å². The van der Waals surface area contributed by atoms with Crippen LogP contribution in [0.25, 0.3) is 0 Å². The lowest BCUT2D eigenvalue weighted by atomic mass is 9.85. The topological polar surface area (TPSA) is 9.23 Å². The molecule has 1 aromatic rings. The maximum Gasteiger partial charge on any atom is 0.201 e. The fourth-order valence-electron chi connectivity index (χ4n) is 3.52. The zero-order valence-electron chi connectivity index (χ0n) is 11.9. The Bertz CT molecular complexity index is 478. The third-order valence-corrected chi connectivity index (χ3v) is 4.70. The molecule has 1 aromatic carbocycles. The van der Waals surface area contributed by atoms with E-state index in [0.29, 0.717) is 24.5 Å². The summed E-state index contributed by atoms with van der Waals surface area (Å²) in [6.07, 6.45) is 9.73. The van der Waals surface area contributed by atoms with E-state index in [-0.39, 0.29) is 5.75 Å². The van der Waals surface area contributed by atoms with Crippen molar-refractivity contribution in [1.82, 2.24) is 0 Å². The molecule has 0 saturated heterocycles. The third kappa shape index (κ3) is 2.82. The molecule has 2 aliphatic rings. The molecule has 0 aromatic heterocycles. The molecule has 3 heteroatoms. The van der Waals surface area contributed by atoms with Crippen molar-refractivity contribution in [2.45, 2.75) is 57.8 Å². The first-order valence-corrected chi connectivity index (χ1v) is 7.88. The van der Waals surface area contributed by atoms with E-state index in [9.17, 15) is 8.78 Å². The van der Waals surface area contributed by atoms with Crippen LogP contribution in [0.5, 0.6) is 5.75 Å². The number of ether oxygens (including phenoxy) is 1. The Labute approximate surface area is 119 Å².